The number of aliphatic hydroxyl groups excluding tert-OH is 1. The highest BCUT2D eigenvalue weighted by Gasteiger charge is 2.21. The van der Waals surface area contributed by atoms with Gasteiger partial charge in [-0.15, -0.1) is 11.3 Å². The molecule has 136 valence electrons. The van der Waals surface area contributed by atoms with Gasteiger partial charge in [0.1, 0.15) is 5.82 Å². The topological polar surface area (TPSA) is 48.4 Å². The molecule has 0 aliphatic carbocycles. The van der Waals surface area contributed by atoms with Crippen molar-refractivity contribution in [2.45, 2.75) is 32.0 Å². The van der Waals surface area contributed by atoms with Crippen molar-refractivity contribution in [3.8, 4) is 0 Å². The first-order chi connectivity index (χ1) is 12.7. The van der Waals surface area contributed by atoms with Gasteiger partial charge in [-0.1, -0.05) is 23.7 Å². The molecule has 2 N–H and O–H groups in total. The molecule has 0 bridgehead atoms. The minimum atomic E-state index is -0.285. The van der Waals surface area contributed by atoms with Crippen LogP contribution in [0.15, 0.2) is 41.8 Å². The third-order valence-corrected chi connectivity index (χ3v) is 5.84. The van der Waals surface area contributed by atoms with Gasteiger partial charge in [-0.05, 0) is 42.5 Å². The molecule has 4 rings (SSSR count). The van der Waals surface area contributed by atoms with Crippen LogP contribution >= 0.6 is 22.9 Å². The van der Waals surface area contributed by atoms with Gasteiger partial charge in [-0.3, -0.25) is 0 Å². The number of rotatable bonds is 5. The molecule has 26 heavy (non-hydrogen) atoms. The average Bonchev–Trinajstić information content (AvgIpc) is 3.15. The number of pyridine rings is 1. The molecule has 1 aliphatic heterocycles. The summed E-state index contributed by atoms with van der Waals surface area (Å²) in [5, 5.41) is 17.5. The van der Waals surface area contributed by atoms with E-state index in [-0.39, 0.29) is 6.10 Å². The average molecular weight is 388 g/mol. The van der Waals surface area contributed by atoms with Gasteiger partial charge in [-0.25, -0.2) is 4.98 Å². The van der Waals surface area contributed by atoms with Crippen LogP contribution in [0.4, 0.5) is 5.82 Å². The van der Waals surface area contributed by atoms with E-state index in [0.29, 0.717) is 11.6 Å². The molecule has 1 atom stereocenters. The Balaban J connectivity index is 1.63. The molecule has 0 radical (unpaired) electrons. The smallest absolute Gasteiger partial charge is 0.133 e. The van der Waals surface area contributed by atoms with Crippen LogP contribution in [-0.4, -0.2) is 29.3 Å². The Kier molecular flexibility index (Phi) is 5.41. The van der Waals surface area contributed by atoms with Gasteiger partial charge < -0.3 is 15.3 Å². The second-order valence-electron chi connectivity index (χ2n) is 6.73. The molecule has 0 spiro atoms. The Labute approximate surface area is 162 Å². The first-order valence-electron chi connectivity index (χ1n) is 8.94. The molecule has 4 nitrogen and oxygen atoms in total. The summed E-state index contributed by atoms with van der Waals surface area (Å²) in [5.74, 6) is 0.956. The van der Waals surface area contributed by atoms with Gasteiger partial charge in [0.05, 0.1) is 11.6 Å². The van der Waals surface area contributed by atoms with E-state index < -0.39 is 0 Å². The van der Waals surface area contributed by atoms with Crippen LogP contribution in [0.1, 0.15) is 23.3 Å². The summed E-state index contributed by atoms with van der Waals surface area (Å²) in [5.41, 5.74) is 2.06. The predicted molar refractivity (Wildman–Crippen MR) is 109 cm³/mol. The van der Waals surface area contributed by atoms with Crippen molar-refractivity contribution in [1.82, 2.24) is 10.3 Å². The lowest BCUT2D eigenvalue weighted by atomic mass is 10.1. The molecular formula is C20H22ClN3OS. The molecular weight excluding hydrogens is 366 g/mol. The molecule has 6 heteroatoms. The standard InChI is InChI=1S/C20H22ClN3OS/c21-16-6-5-14-9-15(11-22-12-18-4-2-8-26-18)20(23-19(14)10-16)24-7-1-3-17(25)13-24/h2,4-6,8-10,17,22,25H,1,3,7,11-13H2/t17-/m0/s1. The van der Waals surface area contributed by atoms with Crippen LogP contribution in [0.2, 0.25) is 5.02 Å². The normalized spacial score (nSPS) is 17.8. The zero-order chi connectivity index (χ0) is 17.9. The fraction of sp³-hybridized carbons (Fsp3) is 0.350. The fourth-order valence-electron chi connectivity index (χ4n) is 3.46. The molecule has 0 unspecified atom stereocenters. The van der Waals surface area contributed by atoms with E-state index in [1.165, 1.54) is 4.88 Å². The lowest BCUT2D eigenvalue weighted by Crippen LogP contribution is -2.39. The maximum absolute atomic E-state index is 10.1. The number of nitrogens with zero attached hydrogens (tertiary/aromatic N) is 2. The monoisotopic (exact) mass is 387 g/mol. The number of halogens is 1. The summed E-state index contributed by atoms with van der Waals surface area (Å²) in [6.45, 7) is 3.15. The molecule has 1 aromatic carbocycles. The van der Waals surface area contributed by atoms with Crippen LogP contribution in [-0.2, 0) is 13.1 Å². The predicted octanol–water partition coefficient (Wildman–Crippen LogP) is 4.20. The number of β-amino-alcohol motifs (C(OH)–C–C–N with tert-alkyl or cyclic N) is 1. The van der Waals surface area contributed by atoms with Crippen molar-refractivity contribution in [3.05, 3.63) is 57.2 Å². The van der Waals surface area contributed by atoms with Crippen LogP contribution in [0.3, 0.4) is 0 Å². The second-order valence-corrected chi connectivity index (χ2v) is 8.20. The Morgan fingerprint density at radius 2 is 2.19 bits per heavy atom. The van der Waals surface area contributed by atoms with Gasteiger partial charge >= 0.3 is 0 Å². The Morgan fingerprint density at radius 3 is 3.00 bits per heavy atom. The van der Waals surface area contributed by atoms with Crippen molar-refractivity contribution < 1.29 is 5.11 Å². The summed E-state index contributed by atoms with van der Waals surface area (Å²) in [4.78, 5) is 8.43. The van der Waals surface area contributed by atoms with E-state index in [0.717, 1.165) is 54.8 Å². The van der Waals surface area contributed by atoms with Crippen LogP contribution in [0.5, 0.6) is 0 Å². The minimum Gasteiger partial charge on any atom is -0.391 e. The molecule has 2 aromatic heterocycles. The van der Waals surface area contributed by atoms with Crippen LogP contribution in [0, 0.1) is 0 Å². The van der Waals surface area contributed by atoms with Gasteiger partial charge in [0.2, 0.25) is 0 Å². The van der Waals surface area contributed by atoms with Crippen molar-refractivity contribution in [2.24, 2.45) is 0 Å². The summed E-state index contributed by atoms with van der Waals surface area (Å²) >= 11 is 7.91. The van der Waals surface area contributed by atoms with Crippen molar-refractivity contribution >= 4 is 39.7 Å². The molecule has 3 aromatic rings. The van der Waals surface area contributed by atoms with Crippen molar-refractivity contribution in [3.63, 3.8) is 0 Å². The molecule has 0 saturated carbocycles. The van der Waals surface area contributed by atoms with Crippen molar-refractivity contribution in [2.75, 3.05) is 18.0 Å². The summed E-state index contributed by atoms with van der Waals surface area (Å²) in [6.07, 6.45) is 1.56. The number of hydrogen-bond donors (Lipinski definition) is 2. The van der Waals surface area contributed by atoms with Gasteiger partial charge in [0.25, 0.3) is 0 Å². The number of piperidine rings is 1. The van der Waals surface area contributed by atoms with Crippen molar-refractivity contribution in [1.29, 1.82) is 0 Å². The second kappa shape index (κ2) is 7.92. The first-order valence-corrected chi connectivity index (χ1v) is 10.2. The highest BCUT2D eigenvalue weighted by Crippen LogP contribution is 2.28. The van der Waals surface area contributed by atoms with E-state index in [4.69, 9.17) is 16.6 Å². The quantitative estimate of drug-likeness (QED) is 0.688. The van der Waals surface area contributed by atoms with Gasteiger partial charge in [-0.2, -0.15) is 0 Å². The summed E-state index contributed by atoms with van der Waals surface area (Å²) in [6, 6.07) is 12.2. The molecule has 3 heterocycles. The number of thiophene rings is 1. The first kappa shape index (κ1) is 17.7. The molecule has 0 amide bonds. The SMILES string of the molecule is O[C@H]1CCCN(c2nc3cc(Cl)ccc3cc2CNCc2cccs2)C1. The number of aliphatic hydroxyl groups is 1. The largest absolute Gasteiger partial charge is 0.391 e. The highest BCUT2D eigenvalue weighted by molar-refractivity contribution is 7.09. The highest BCUT2D eigenvalue weighted by atomic mass is 35.5. The third-order valence-electron chi connectivity index (χ3n) is 4.73. The number of fused-ring (bicyclic) bond motifs is 1. The zero-order valence-electron chi connectivity index (χ0n) is 14.5. The van der Waals surface area contributed by atoms with Gasteiger partial charge in [0.15, 0.2) is 0 Å². The molecule has 1 saturated heterocycles. The lowest BCUT2D eigenvalue weighted by molar-refractivity contribution is 0.154. The number of nitrogens with one attached hydrogen (secondary N) is 1. The van der Waals surface area contributed by atoms with E-state index in [1.54, 1.807) is 11.3 Å². The third kappa shape index (κ3) is 4.01. The number of anilines is 1. The minimum absolute atomic E-state index is 0.285. The Hall–Kier alpha value is -1.66. The van der Waals surface area contributed by atoms with Crippen LogP contribution in [0.25, 0.3) is 10.9 Å². The lowest BCUT2D eigenvalue weighted by Gasteiger charge is -2.32. The zero-order valence-corrected chi connectivity index (χ0v) is 16.1. The Bertz CT molecular complexity index is 884. The molecule has 1 fully saturated rings. The molecule has 1 aliphatic rings. The maximum Gasteiger partial charge on any atom is 0.133 e. The maximum atomic E-state index is 10.1. The fourth-order valence-corrected chi connectivity index (χ4v) is 4.30. The number of benzene rings is 1. The number of hydrogen-bond acceptors (Lipinski definition) is 5. The summed E-state index contributed by atoms with van der Waals surface area (Å²) in [7, 11) is 0. The van der Waals surface area contributed by atoms with Crippen LogP contribution < -0.4 is 10.2 Å². The Morgan fingerprint density at radius 1 is 1.27 bits per heavy atom. The van der Waals surface area contributed by atoms with E-state index >= 15 is 0 Å². The van der Waals surface area contributed by atoms with E-state index in [2.05, 4.69) is 33.8 Å². The summed E-state index contributed by atoms with van der Waals surface area (Å²) < 4.78 is 0. The van der Waals surface area contributed by atoms with E-state index in [1.807, 2.05) is 18.2 Å². The van der Waals surface area contributed by atoms with Gasteiger partial charge in [0, 0.05) is 47.0 Å². The van der Waals surface area contributed by atoms with E-state index in [9.17, 15) is 5.11 Å². The number of aromatic nitrogens is 1.